The summed E-state index contributed by atoms with van der Waals surface area (Å²) in [7, 11) is -4.34. The number of benzene rings is 4. The van der Waals surface area contributed by atoms with Crippen molar-refractivity contribution < 1.29 is 27.1 Å². The second-order valence-corrected chi connectivity index (χ2v) is 12.4. The van der Waals surface area contributed by atoms with Gasteiger partial charge in [-0.15, -0.1) is 0 Å². The molecule has 10 heteroatoms. The first kappa shape index (κ1) is 33.2. The number of carbonyl (C=O) groups excluding carboxylic acids is 2. The van der Waals surface area contributed by atoms with Gasteiger partial charge in [-0.3, -0.25) is 13.9 Å². The second-order valence-electron chi connectivity index (χ2n) is 10.5. The molecule has 45 heavy (non-hydrogen) atoms. The largest absolute Gasteiger partial charge is 0.494 e. The molecule has 0 aromatic heterocycles. The number of aryl methyl sites for hydroxylation is 1. The zero-order valence-electron chi connectivity index (χ0n) is 25.6. The molecule has 0 aliphatic carbocycles. The molecule has 0 saturated heterocycles. The van der Waals surface area contributed by atoms with E-state index in [0.29, 0.717) is 18.9 Å². The van der Waals surface area contributed by atoms with Crippen molar-refractivity contribution in [3.8, 4) is 5.75 Å². The number of ether oxygens (including phenoxy) is 1. The van der Waals surface area contributed by atoms with Crippen molar-refractivity contribution in [3.63, 3.8) is 0 Å². The Balaban J connectivity index is 1.79. The Kier molecular flexibility index (Phi) is 11.3. The summed E-state index contributed by atoms with van der Waals surface area (Å²) in [5.74, 6) is -0.988. The lowest BCUT2D eigenvalue weighted by atomic mass is 10.0. The molecule has 236 valence electrons. The van der Waals surface area contributed by atoms with Gasteiger partial charge in [0, 0.05) is 19.5 Å². The predicted octanol–water partition coefficient (Wildman–Crippen LogP) is 5.50. The van der Waals surface area contributed by atoms with Crippen LogP contribution in [0, 0.1) is 12.7 Å². The molecule has 0 aliphatic rings. The minimum Gasteiger partial charge on any atom is -0.494 e. The van der Waals surface area contributed by atoms with E-state index in [1.807, 2.05) is 68.4 Å². The zero-order chi connectivity index (χ0) is 32.4. The van der Waals surface area contributed by atoms with Crippen LogP contribution in [0.2, 0.25) is 0 Å². The first-order valence-corrected chi connectivity index (χ1v) is 16.2. The average Bonchev–Trinajstić information content (AvgIpc) is 3.03. The Bertz CT molecular complexity index is 1660. The molecule has 0 unspecified atom stereocenters. The van der Waals surface area contributed by atoms with E-state index in [-0.39, 0.29) is 29.5 Å². The molecule has 4 aromatic rings. The third-order valence-corrected chi connectivity index (χ3v) is 9.00. The van der Waals surface area contributed by atoms with Gasteiger partial charge in [0.25, 0.3) is 10.0 Å². The van der Waals surface area contributed by atoms with Crippen LogP contribution >= 0.6 is 0 Å². The van der Waals surface area contributed by atoms with Crippen molar-refractivity contribution >= 4 is 27.5 Å². The molecule has 1 atom stereocenters. The average molecular weight is 632 g/mol. The van der Waals surface area contributed by atoms with E-state index in [9.17, 15) is 22.4 Å². The molecule has 4 aromatic carbocycles. The van der Waals surface area contributed by atoms with Gasteiger partial charge < -0.3 is 15.0 Å². The Hall–Kier alpha value is -4.70. The molecule has 0 bridgehead atoms. The third-order valence-electron chi connectivity index (χ3n) is 7.21. The van der Waals surface area contributed by atoms with Gasteiger partial charge in [-0.1, -0.05) is 60.2 Å². The highest BCUT2D eigenvalue weighted by Crippen LogP contribution is 2.27. The molecule has 0 spiro atoms. The monoisotopic (exact) mass is 631 g/mol. The van der Waals surface area contributed by atoms with Gasteiger partial charge in [0.15, 0.2) is 0 Å². The maximum absolute atomic E-state index is 14.4. The molecule has 0 radical (unpaired) electrons. The van der Waals surface area contributed by atoms with Crippen LogP contribution < -0.4 is 14.4 Å². The van der Waals surface area contributed by atoms with Gasteiger partial charge in [-0.2, -0.15) is 0 Å². The quantitative estimate of drug-likeness (QED) is 0.198. The summed E-state index contributed by atoms with van der Waals surface area (Å²) < 4.78 is 48.3. The highest BCUT2D eigenvalue weighted by atomic mass is 32.2. The molecular formula is C35H38FN3O5S. The number of sulfonamides is 1. The molecule has 0 saturated carbocycles. The maximum Gasteiger partial charge on any atom is 0.264 e. The number of hydrogen-bond donors (Lipinski definition) is 1. The number of halogens is 1. The van der Waals surface area contributed by atoms with Crippen LogP contribution in [-0.4, -0.2) is 50.9 Å². The van der Waals surface area contributed by atoms with E-state index in [1.54, 1.807) is 31.2 Å². The molecule has 0 heterocycles. The number of nitrogens with zero attached hydrogens (tertiary/aromatic N) is 2. The van der Waals surface area contributed by atoms with Crippen LogP contribution in [0.5, 0.6) is 5.75 Å². The number of rotatable bonds is 14. The lowest BCUT2D eigenvalue weighted by Crippen LogP contribution is -2.53. The van der Waals surface area contributed by atoms with Crippen molar-refractivity contribution in [1.29, 1.82) is 0 Å². The smallest absolute Gasteiger partial charge is 0.264 e. The maximum atomic E-state index is 14.4. The summed E-state index contributed by atoms with van der Waals surface area (Å²) in [4.78, 5) is 29.2. The minimum atomic E-state index is -4.34. The van der Waals surface area contributed by atoms with Crippen molar-refractivity contribution in [2.45, 2.75) is 44.7 Å². The number of anilines is 1. The summed E-state index contributed by atoms with van der Waals surface area (Å²) in [6, 6.07) is 26.8. The summed E-state index contributed by atoms with van der Waals surface area (Å²) in [5, 5.41) is 2.85. The Morgan fingerprint density at radius 3 is 2.09 bits per heavy atom. The summed E-state index contributed by atoms with van der Waals surface area (Å²) in [6.07, 6.45) is 0.220. The lowest BCUT2D eigenvalue weighted by Gasteiger charge is -2.34. The van der Waals surface area contributed by atoms with E-state index in [2.05, 4.69) is 5.32 Å². The zero-order valence-corrected chi connectivity index (χ0v) is 26.5. The van der Waals surface area contributed by atoms with E-state index in [0.717, 1.165) is 45.3 Å². The highest BCUT2D eigenvalue weighted by Gasteiger charge is 2.34. The summed E-state index contributed by atoms with van der Waals surface area (Å²) in [5.41, 5.74) is 2.88. The number of carbonyl (C=O) groups is 2. The van der Waals surface area contributed by atoms with Gasteiger partial charge in [0.2, 0.25) is 11.8 Å². The predicted molar refractivity (Wildman–Crippen MR) is 173 cm³/mol. The van der Waals surface area contributed by atoms with E-state index in [1.165, 1.54) is 4.90 Å². The highest BCUT2D eigenvalue weighted by molar-refractivity contribution is 7.92. The summed E-state index contributed by atoms with van der Waals surface area (Å²) in [6.45, 7) is 5.83. The van der Waals surface area contributed by atoms with Gasteiger partial charge in [0.1, 0.15) is 24.2 Å². The molecule has 1 N–H and O–H groups in total. The first-order valence-electron chi connectivity index (χ1n) is 14.8. The Morgan fingerprint density at radius 2 is 1.49 bits per heavy atom. The number of likely N-dealkylation sites (N-methyl/N-ethyl adjacent to an activating group) is 1. The fourth-order valence-corrected chi connectivity index (χ4v) is 6.29. The molecule has 0 fully saturated rings. The third kappa shape index (κ3) is 8.69. The summed E-state index contributed by atoms with van der Waals surface area (Å²) >= 11 is 0. The molecule has 4 rings (SSSR count). The standard InChI is InChI=1S/C35H38FN3O5S/c1-4-37-35(41)33(23-27-9-7-6-8-10-27)38(24-28-13-11-26(3)12-14-28)34(40)25-39(30-17-19-31(20-18-30)44-5-2)45(42,43)32-21-15-29(36)16-22-32/h6-22,33H,4-5,23-25H2,1-3H3,(H,37,41)/t33-/m0/s1. The van der Waals surface area contributed by atoms with Crippen molar-refractivity contribution in [3.05, 3.63) is 126 Å². The van der Waals surface area contributed by atoms with Crippen LogP contribution in [-0.2, 0) is 32.6 Å². The SMILES string of the molecule is CCNC(=O)[C@H](Cc1ccccc1)N(Cc1ccc(C)cc1)C(=O)CN(c1ccc(OCC)cc1)S(=O)(=O)c1ccc(F)cc1. The lowest BCUT2D eigenvalue weighted by molar-refractivity contribution is -0.140. The fraction of sp³-hybridized carbons (Fsp3) is 0.257. The van der Waals surface area contributed by atoms with Crippen LogP contribution in [0.1, 0.15) is 30.5 Å². The molecule has 0 aliphatic heterocycles. The topological polar surface area (TPSA) is 96.0 Å². The van der Waals surface area contributed by atoms with Crippen LogP contribution in [0.4, 0.5) is 10.1 Å². The van der Waals surface area contributed by atoms with E-state index < -0.39 is 34.3 Å². The normalized spacial score (nSPS) is 11.8. The van der Waals surface area contributed by atoms with Gasteiger partial charge >= 0.3 is 0 Å². The number of hydrogen-bond acceptors (Lipinski definition) is 5. The van der Waals surface area contributed by atoms with Crippen LogP contribution in [0.25, 0.3) is 0 Å². The molecular weight excluding hydrogens is 593 g/mol. The van der Waals surface area contributed by atoms with Crippen molar-refractivity contribution in [2.75, 3.05) is 24.0 Å². The van der Waals surface area contributed by atoms with Gasteiger partial charge in [0.05, 0.1) is 17.2 Å². The van der Waals surface area contributed by atoms with Gasteiger partial charge in [-0.05, 0) is 80.4 Å². The fourth-order valence-electron chi connectivity index (χ4n) is 4.87. The van der Waals surface area contributed by atoms with E-state index in [4.69, 9.17) is 4.74 Å². The molecule has 2 amide bonds. The minimum absolute atomic E-state index is 0.0709. The Labute approximate surface area is 264 Å². The van der Waals surface area contributed by atoms with Crippen LogP contribution in [0.3, 0.4) is 0 Å². The van der Waals surface area contributed by atoms with Crippen molar-refractivity contribution in [2.24, 2.45) is 0 Å². The number of nitrogens with one attached hydrogen (secondary N) is 1. The first-order chi connectivity index (χ1) is 21.6. The number of amides is 2. The van der Waals surface area contributed by atoms with Crippen LogP contribution in [0.15, 0.2) is 108 Å². The van der Waals surface area contributed by atoms with E-state index >= 15 is 0 Å². The van der Waals surface area contributed by atoms with Gasteiger partial charge in [-0.25, -0.2) is 12.8 Å². The Morgan fingerprint density at radius 1 is 0.844 bits per heavy atom. The molecule has 8 nitrogen and oxygen atoms in total. The second kappa shape index (κ2) is 15.3. The van der Waals surface area contributed by atoms with Crippen molar-refractivity contribution in [1.82, 2.24) is 10.2 Å².